The van der Waals surface area contributed by atoms with Gasteiger partial charge in [-0.2, -0.15) is 0 Å². The van der Waals surface area contributed by atoms with Gasteiger partial charge in [-0.3, -0.25) is 14.7 Å². The number of morpholine rings is 1. The number of aryl methyl sites for hydroxylation is 1. The summed E-state index contributed by atoms with van der Waals surface area (Å²) in [5.41, 5.74) is 1.08. The molecular weight excluding hydrogens is 334 g/mol. The lowest BCUT2D eigenvalue weighted by Crippen LogP contribution is -2.50. The fourth-order valence-electron chi connectivity index (χ4n) is 3.19. The second-order valence-electron chi connectivity index (χ2n) is 6.19. The number of aromatic nitrogens is 3. The van der Waals surface area contributed by atoms with Gasteiger partial charge in [0.1, 0.15) is 5.75 Å². The summed E-state index contributed by atoms with van der Waals surface area (Å²) in [6.07, 6.45) is 6.75. The third kappa shape index (κ3) is 4.39. The minimum Gasteiger partial charge on any atom is -0.482 e. The third-order valence-corrected chi connectivity index (χ3v) is 4.52. The number of carbonyl (C=O) groups is 1. The normalized spacial score (nSPS) is 20.7. The molecular formula is C18H25N5O3. The molecule has 2 atom stereocenters. The molecule has 0 unspecified atom stereocenters. The number of imidazole rings is 1. The molecule has 1 aliphatic rings. The second-order valence-corrected chi connectivity index (χ2v) is 6.19. The summed E-state index contributed by atoms with van der Waals surface area (Å²) >= 11 is 0. The maximum atomic E-state index is 12.1. The van der Waals surface area contributed by atoms with Gasteiger partial charge in [0, 0.05) is 32.5 Å². The average molecular weight is 359 g/mol. The van der Waals surface area contributed by atoms with Crippen LogP contribution in [0, 0.1) is 0 Å². The van der Waals surface area contributed by atoms with Crippen LogP contribution in [0.5, 0.6) is 5.75 Å². The zero-order valence-corrected chi connectivity index (χ0v) is 15.2. The Balaban J connectivity index is 1.58. The maximum Gasteiger partial charge on any atom is 0.258 e. The van der Waals surface area contributed by atoms with Crippen LogP contribution < -0.4 is 10.1 Å². The summed E-state index contributed by atoms with van der Waals surface area (Å²) in [7, 11) is 1.97. The van der Waals surface area contributed by atoms with Crippen molar-refractivity contribution in [3.8, 4) is 5.75 Å². The molecule has 0 aromatic carbocycles. The molecule has 0 saturated carbocycles. The molecule has 1 amide bonds. The molecule has 0 spiro atoms. The van der Waals surface area contributed by atoms with Crippen molar-refractivity contribution in [3.05, 3.63) is 42.7 Å². The number of pyridine rings is 1. The lowest BCUT2D eigenvalue weighted by molar-refractivity contribution is -0.125. The SMILES string of the molecule is CCN1CCO[C@@H](CNC(=O)COc2cccnc2)[C@@H]1c1cncn1C. The number of hydrogen-bond donors (Lipinski definition) is 1. The van der Waals surface area contributed by atoms with E-state index >= 15 is 0 Å². The molecule has 3 rings (SSSR count). The first-order chi connectivity index (χ1) is 12.7. The molecule has 140 valence electrons. The van der Waals surface area contributed by atoms with Crippen LogP contribution in [-0.2, 0) is 16.6 Å². The van der Waals surface area contributed by atoms with Crippen molar-refractivity contribution in [3.63, 3.8) is 0 Å². The quantitative estimate of drug-likeness (QED) is 0.787. The molecule has 8 heteroatoms. The van der Waals surface area contributed by atoms with E-state index in [2.05, 4.69) is 27.1 Å². The van der Waals surface area contributed by atoms with E-state index in [1.54, 1.807) is 30.9 Å². The summed E-state index contributed by atoms with van der Waals surface area (Å²) in [5, 5.41) is 2.91. The summed E-state index contributed by atoms with van der Waals surface area (Å²) in [4.78, 5) is 22.7. The van der Waals surface area contributed by atoms with Crippen LogP contribution in [-0.4, -0.2) is 64.3 Å². The third-order valence-electron chi connectivity index (χ3n) is 4.52. The monoisotopic (exact) mass is 359 g/mol. The Hall–Kier alpha value is -2.45. The number of hydrogen-bond acceptors (Lipinski definition) is 6. The van der Waals surface area contributed by atoms with E-state index in [1.165, 1.54) is 0 Å². The Morgan fingerprint density at radius 1 is 1.42 bits per heavy atom. The van der Waals surface area contributed by atoms with Crippen molar-refractivity contribution in [2.24, 2.45) is 7.05 Å². The van der Waals surface area contributed by atoms with Gasteiger partial charge in [0.2, 0.25) is 0 Å². The van der Waals surface area contributed by atoms with Gasteiger partial charge in [-0.25, -0.2) is 4.98 Å². The van der Waals surface area contributed by atoms with Crippen molar-refractivity contribution in [1.29, 1.82) is 0 Å². The standard InChI is InChI=1S/C18H25N5O3/c1-3-23-7-8-25-16(18(23)15-10-20-13-22(15)2)11-21-17(24)12-26-14-5-4-6-19-9-14/h4-6,9-10,13,16,18H,3,7-8,11-12H2,1-2H3,(H,21,24)/t16-,18-/m0/s1. The van der Waals surface area contributed by atoms with Crippen molar-refractivity contribution in [2.45, 2.75) is 19.1 Å². The number of likely N-dealkylation sites (N-methyl/N-ethyl adjacent to an activating group) is 1. The first-order valence-electron chi connectivity index (χ1n) is 8.80. The summed E-state index contributed by atoms with van der Waals surface area (Å²) < 4.78 is 13.4. The minimum atomic E-state index is -0.185. The predicted molar refractivity (Wildman–Crippen MR) is 95.7 cm³/mol. The van der Waals surface area contributed by atoms with E-state index in [0.29, 0.717) is 18.9 Å². The zero-order chi connectivity index (χ0) is 18.4. The fraction of sp³-hybridized carbons (Fsp3) is 0.500. The molecule has 1 fully saturated rings. The number of carbonyl (C=O) groups excluding carboxylic acids is 1. The van der Waals surface area contributed by atoms with Crippen LogP contribution in [0.2, 0.25) is 0 Å². The average Bonchev–Trinajstić information content (AvgIpc) is 3.10. The number of rotatable bonds is 7. The van der Waals surface area contributed by atoms with Gasteiger partial charge in [0.15, 0.2) is 6.61 Å². The Morgan fingerprint density at radius 2 is 2.31 bits per heavy atom. The lowest BCUT2D eigenvalue weighted by atomic mass is 10.0. The van der Waals surface area contributed by atoms with Crippen molar-refractivity contribution in [2.75, 3.05) is 32.8 Å². The highest BCUT2D eigenvalue weighted by Gasteiger charge is 2.34. The van der Waals surface area contributed by atoms with Gasteiger partial charge in [0.05, 0.1) is 37.0 Å². The number of nitrogens with one attached hydrogen (secondary N) is 1. The smallest absolute Gasteiger partial charge is 0.258 e. The maximum absolute atomic E-state index is 12.1. The molecule has 0 aliphatic carbocycles. The highest BCUT2D eigenvalue weighted by Crippen LogP contribution is 2.28. The van der Waals surface area contributed by atoms with Gasteiger partial charge >= 0.3 is 0 Å². The van der Waals surface area contributed by atoms with Crippen LogP contribution in [0.3, 0.4) is 0 Å². The van der Waals surface area contributed by atoms with E-state index in [4.69, 9.17) is 9.47 Å². The highest BCUT2D eigenvalue weighted by molar-refractivity contribution is 5.77. The molecule has 1 saturated heterocycles. The van der Waals surface area contributed by atoms with Crippen molar-refractivity contribution < 1.29 is 14.3 Å². The molecule has 3 heterocycles. The first-order valence-corrected chi connectivity index (χ1v) is 8.80. The molecule has 0 bridgehead atoms. The van der Waals surface area contributed by atoms with E-state index < -0.39 is 0 Å². The number of ether oxygens (including phenoxy) is 2. The Labute approximate surface area is 153 Å². The Bertz CT molecular complexity index is 706. The van der Waals surface area contributed by atoms with Crippen molar-refractivity contribution >= 4 is 5.91 Å². The summed E-state index contributed by atoms with van der Waals surface area (Å²) in [6.45, 7) is 4.92. The van der Waals surface area contributed by atoms with Crippen molar-refractivity contribution in [1.82, 2.24) is 24.8 Å². The molecule has 2 aromatic rings. The van der Waals surface area contributed by atoms with Gasteiger partial charge in [-0.1, -0.05) is 6.92 Å². The Kier molecular flexibility index (Phi) is 6.19. The number of nitrogens with zero attached hydrogens (tertiary/aromatic N) is 4. The number of amides is 1. The molecule has 8 nitrogen and oxygen atoms in total. The largest absolute Gasteiger partial charge is 0.482 e. The topological polar surface area (TPSA) is 81.5 Å². The second kappa shape index (κ2) is 8.77. The van der Waals surface area contributed by atoms with E-state index in [-0.39, 0.29) is 24.7 Å². The van der Waals surface area contributed by atoms with E-state index in [0.717, 1.165) is 18.8 Å². The van der Waals surface area contributed by atoms with E-state index in [1.807, 2.05) is 17.8 Å². The molecule has 26 heavy (non-hydrogen) atoms. The van der Waals surface area contributed by atoms with E-state index in [9.17, 15) is 4.79 Å². The van der Waals surface area contributed by atoms with Crippen LogP contribution in [0.15, 0.2) is 37.1 Å². The fourth-order valence-corrected chi connectivity index (χ4v) is 3.19. The molecule has 2 aromatic heterocycles. The molecule has 1 N–H and O–H groups in total. The summed E-state index contributed by atoms with van der Waals surface area (Å²) in [5.74, 6) is 0.385. The minimum absolute atomic E-state index is 0.0493. The summed E-state index contributed by atoms with van der Waals surface area (Å²) in [6, 6.07) is 3.59. The van der Waals surface area contributed by atoms with Crippen LogP contribution in [0.25, 0.3) is 0 Å². The van der Waals surface area contributed by atoms with Gasteiger partial charge in [-0.05, 0) is 18.7 Å². The zero-order valence-electron chi connectivity index (χ0n) is 15.2. The highest BCUT2D eigenvalue weighted by atomic mass is 16.5. The lowest BCUT2D eigenvalue weighted by Gasteiger charge is -2.40. The Morgan fingerprint density at radius 3 is 3.00 bits per heavy atom. The van der Waals surface area contributed by atoms with Gasteiger partial charge in [0.25, 0.3) is 5.91 Å². The van der Waals surface area contributed by atoms with Gasteiger partial charge < -0.3 is 19.4 Å². The molecule has 1 aliphatic heterocycles. The van der Waals surface area contributed by atoms with Crippen LogP contribution in [0.1, 0.15) is 18.7 Å². The first kappa shape index (κ1) is 18.3. The van der Waals surface area contributed by atoms with Crippen LogP contribution in [0.4, 0.5) is 0 Å². The predicted octanol–water partition coefficient (Wildman–Crippen LogP) is 0.772. The van der Waals surface area contributed by atoms with Crippen LogP contribution >= 0.6 is 0 Å². The molecule has 0 radical (unpaired) electrons. The van der Waals surface area contributed by atoms with Gasteiger partial charge in [-0.15, -0.1) is 0 Å².